The molecule has 46 heavy (non-hydrogen) atoms. The second-order valence-corrected chi connectivity index (χ2v) is 12.7. The summed E-state index contributed by atoms with van der Waals surface area (Å²) in [6.07, 6.45) is 6.54. The second kappa shape index (κ2) is 15.2. The fourth-order valence-electron chi connectivity index (χ4n) is 7.15. The van der Waals surface area contributed by atoms with Gasteiger partial charge in [-0.15, -0.1) is 0 Å². The van der Waals surface area contributed by atoms with Crippen molar-refractivity contribution in [3.63, 3.8) is 0 Å². The molecule has 1 N–H and O–H groups in total. The number of aromatic nitrogens is 3. The highest BCUT2D eigenvalue weighted by Gasteiger charge is 2.43. The monoisotopic (exact) mass is 642 g/mol. The molecule has 1 fully saturated rings. The van der Waals surface area contributed by atoms with E-state index < -0.39 is 17.7 Å². The van der Waals surface area contributed by atoms with Gasteiger partial charge >= 0.3 is 12.1 Å². The number of ether oxygens (including phenoxy) is 1. The molecule has 2 aromatic heterocycles. The van der Waals surface area contributed by atoms with E-state index in [1.165, 1.54) is 22.2 Å². The Balaban J connectivity index is 1.63. The lowest BCUT2D eigenvalue weighted by molar-refractivity contribution is -0.138. The maximum Gasteiger partial charge on any atom is 0.416 e. The summed E-state index contributed by atoms with van der Waals surface area (Å²) in [4.78, 5) is 29.3. The molecule has 0 spiro atoms. The van der Waals surface area contributed by atoms with Crippen LogP contribution in [0.4, 0.5) is 13.2 Å². The van der Waals surface area contributed by atoms with Crippen LogP contribution in [0, 0.1) is 11.8 Å². The van der Waals surface area contributed by atoms with Crippen molar-refractivity contribution in [1.82, 2.24) is 19.7 Å². The number of rotatable bonds is 14. The van der Waals surface area contributed by atoms with Gasteiger partial charge in [0.2, 0.25) is 0 Å². The van der Waals surface area contributed by atoms with Gasteiger partial charge < -0.3 is 14.7 Å². The lowest BCUT2D eigenvalue weighted by Gasteiger charge is -2.44. The zero-order valence-corrected chi connectivity index (χ0v) is 27.1. The highest BCUT2D eigenvalue weighted by Crippen LogP contribution is 2.49. The minimum absolute atomic E-state index is 0.112. The van der Waals surface area contributed by atoms with E-state index in [0.717, 1.165) is 73.9 Å². The predicted molar refractivity (Wildman–Crippen MR) is 169 cm³/mol. The van der Waals surface area contributed by atoms with Crippen LogP contribution in [0.5, 0.6) is 0 Å². The lowest BCUT2D eigenvalue weighted by atomic mass is 9.60. The topological polar surface area (TPSA) is 97.6 Å². The Morgan fingerprint density at radius 1 is 1.13 bits per heavy atom. The van der Waals surface area contributed by atoms with E-state index in [-0.39, 0.29) is 42.6 Å². The summed E-state index contributed by atoms with van der Waals surface area (Å²) in [5.74, 6) is -0.427. The van der Waals surface area contributed by atoms with E-state index in [4.69, 9.17) is 14.9 Å². The Bertz CT molecular complexity index is 1470. The van der Waals surface area contributed by atoms with Crippen molar-refractivity contribution in [3.8, 4) is 5.82 Å². The molecule has 1 saturated carbocycles. The second-order valence-electron chi connectivity index (χ2n) is 12.7. The molecule has 1 amide bonds. The average Bonchev–Trinajstić information content (AvgIpc) is 3.47. The van der Waals surface area contributed by atoms with Crippen molar-refractivity contribution in [2.75, 3.05) is 20.7 Å². The van der Waals surface area contributed by atoms with Gasteiger partial charge in [0.1, 0.15) is 0 Å². The predicted octanol–water partition coefficient (Wildman–Crippen LogP) is 7.48. The number of carbonyl (C=O) groups excluding carboxylic acids is 1. The maximum absolute atomic E-state index is 13.5. The number of nitrogens with zero attached hydrogens (tertiary/aromatic N) is 4. The standard InChI is InChI=1S/C35H45F3N4O4/c1-5-34(27-9-7-6-8-10-27,21-24(2)19-25-11-13-26(14-12-25)33(45)41(3)18-16-32(43)44)29-22-42(40-30(29)23-46-4)31-20-28(15-17-39-31)35(36,37)38/h11-15,17,20,22,24,27H,5-10,16,18-19,21,23H2,1-4H3,(H,43,44)/t24-,34?/m1/s1. The number of methoxy groups -OCH3 is 1. The molecular weight excluding hydrogens is 597 g/mol. The van der Waals surface area contributed by atoms with Crippen LogP contribution in [0.15, 0.2) is 48.8 Å². The summed E-state index contributed by atoms with van der Waals surface area (Å²) in [5.41, 5.74) is 2.29. The molecule has 3 aromatic rings. The van der Waals surface area contributed by atoms with E-state index in [9.17, 15) is 22.8 Å². The molecule has 2 atom stereocenters. The Labute approximate surface area is 269 Å². The lowest BCUT2D eigenvalue weighted by Crippen LogP contribution is -2.38. The zero-order chi connectivity index (χ0) is 33.5. The summed E-state index contributed by atoms with van der Waals surface area (Å²) >= 11 is 0. The minimum Gasteiger partial charge on any atom is -0.481 e. The quantitative estimate of drug-likeness (QED) is 0.196. The van der Waals surface area contributed by atoms with E-state index in [0.29, 0.717) is 11.5 Å². The number of aliphatic carboxylic acids is 1. The highest BCUT2D eigenvalue weighted by atomic mass is 19.4. The third-order valence-electron chi connectivity index (χ3n) is 9.44. The number of hydrogen-bond donors (Lipinski definition) is 1. The molecule has 1 aliphatic carbocycles. The van der Waals surface area contributed by atoms with Crippen LogP contribution in [-0.2, 0) is 34.2 Å². The Morgan fingerprint density at radius 3 is 2.43 bits per heavy atom. The minimum atomic E-state index is -4.49. The molecular formula is C35H45F3N4O4. The first-order valence-electron chi connectivity index (χ1n) is 16.1. The summed E-state index contributed by atoms with van der Waals surface area (Å²) in [7, 11) is 3.19. The number of alkyl halides is 3. The zero-order valence-electron chi connectivity index (χ0n) is 27.1. The third kappa shape index (κ3) is 8.34. The van der Waals surface area contributed by atoms with Gasteiger partial charge in [-0.2, -0.15) is 18.3 Å². The molecule has 8 nitrogen and oxygen atoms in total. The molecule has 250 valence electrons. The number of halogens is 3. The molecule has 1 aliphatic rings. The number of pyridine rings is 1. The molecule has 11 heteroatoms. The Hall–Kier alpha value is -3.73. The summed E-state index contributed by atoms with van der Waals surface area (Å²) in [5, 5.41) is 13.7. The van der Waals surface area contributed by atoms with Gasteiger partial charge in [0.05, 0.1) is 24.3 Å². The molecule has 0 bridgehead atoms. The van der Waals surface area contributed by atoms with Crippen LogP contribution >= 0.6 is 0 Å². The molecule has 2 heterocycles. The Kier molecular flexibility index (Phi) is 11.6. The SMILES string of the molecule is CCC(C[C@H](C)Cc1ccc(C(=O)N(C)CCC(=O)O)cc1)(c1cn(-c2cc(C(F)(F)F)ccn2)nc1COC)C1CCCCC1. The van der Waals surface area contributed by atoms with Crippen molar-refractivity contribution in [2.24, 2.45) is 11.8 Å². The number of carboxylic acids is 1. The van der Waals surface area contributed by atoms with Crippen LogP contribution in [-0.4, -0.2) is 57.3 Å². The van der Waals surface area contributed by atoms with Crippen molar-refractivity contribution >= 4 is 11.9 Å². The van der Waals surface area contributed by atoms with Crippen LogP contribution in [0.1, 0.15) is 98.0 Å². The van der Waals surface area contributed by atoms with Gasteiger partial charge in [-0.3, -0.25) is 9.59 Å². The van der Waals surface area contributed by atoms with Gasteiger partial charge in [0.15, 0.2) is 5.82 Å². The van der Waals surface area contributed by atoms with Gasteiger partial charge in [-0.25, -0.2) is 9.67 Å². The fourth-order valence-corrected chi connectivity index (χ4v) is 7.15. The van der Waals surface area contributed by atoms with Gasteiger partial charge in [0, 0.05) is 49.6 Å². The number of carboxylic acid groups (broad SMARTS) is 1. The van der Waals surface area contributed by atoms with E-state index in [1.807, 2.05) is 18.3 Å². The molecule has 0 aliphatic heterocycles. The van der Waals surface area contributed by atoms with Crippen molar-refractivity contribution < 1.29 is 32.6 Å². The smallest absolute Gasteiger partial charge is 0.416 e. The summed E-state index contributed by atoms with van der Waals surface area (Å²) < 4.78 is 47.6. The highest BCUT2D eigenvalue weighted by molar-refractivity contribution is 5.94. The van der Waals surface area contributed by atoms with Crippen LogP contribution in [0.3, 0.4) is 0 Å². The molecule has 0 radical (unpaired) electrons. The normalized spacial score (nSPS) is 16.2. The number of carbonyl (C=O) groups is 2. The van der Waals surface area contributed by atoms with Crippen molar-refractivity contribution in [1.29, 1.82) is 0 Å². The molecule has 1 aromatic carbocycles. The molecule has 0 saturated heterocycles. The first-order chi connectivity index (χ1) is 21.9. The molecule has 1 unspecified atom stereocenters. The number of hydrogen-bond acceptors (Lipinski definition) is 5. The first kappa shape index (κ1) is 35.1. The van der Waals surface area contributed by atoms with Crippen LogP contribution in [0.2, 0.25) is 0 Å². The fraction of sp³-hybridized carbons (Fsp3) is 0.543. The number of benzene rings is 1. The largest absolute Gasteiger partial charge is 0.481 e. The van der Waals surface area contributed by atoms with Crippen LogP contribution in [0.25, 0.3) is 5.82 Å². The van der Waals surface area contributed by atoms with Crippen LogP contribution < -0.4 is 0 Å². The first-order valence-corrected chi connectivity index (χ1v) is 16.1. The van der Waals surface area contributed by atoms with E-state index in [1.54, 1.807) is 26.3 Å². The summed E-state index contributed by atoms with van der Waals surface area (Å²) in [6, 6.07) is 9.48. The van der Waals surface area contributed by atoms with E-state index in [2.05, 4.69) is 18.8 Å². The average molecular weight is 643 g/mol. The van der Waals surface area contributed by atoms with Crippen molar-refractivity contribution in [3.05, 3.63) is 76.7 Å². The van der Waals surface area contributed by atoms with Gasteiger partial charge in [-0.1, -0.05) is 45.2 Å². The van der Waals surface area contributed by atoms with Crippen molar-refractivity contribution in [2.45, 2.75) is 89.8 Å². The summed E-state index contributed by atoms with van der Waals surface area (Å²) in [6.45, 7) is 4.79. The van der Waals surface area contributed by atoms with Gasteiger partial charge in [-0.05, 0) is 73.8 Å². The van der Waals surface area contributed by atoms with E-state index >= 15 is 0 Å². The third-order valence-corrected chi connectivity index (χ3v) is 9.44. The maximum atomic E-state index is 13.5. The number of amides is 1. The van der Waals surface area contributed by atoms with Gasteiger partial charge in [0.25, 0.3) is 5.91 Å². The molecule has 4 rings (SSSR count). The Morgan fingerprint density at radius 2 is 1.83 bits per heavy atom.